The smallest absolute Gasteiger partial charge is 0.319 e. The first-order valence-corrected chi connectivity index (χ1v) is 9.15. The van der Waals surface area contributed by atoms with Crippen LogP contribution in [0, 0.1) is 11.3 Å². The quantitative estimate of drug-likeness (QED) is 0.703. The number of carbonyl (C=O) groups is 1. The summed E-state index contributed by atoms with van der Waals surface area (Å²) in [6, 6.07) is 13.9. The van der Waals surface area contributed by atoms with Gasteiger partial charge in [0.1, 0.15) is 5.69 Å². The van der Waals surface area contributed by atoms with Crippen LogP contribution in [0.2, 0.25) is 0 Å². The molecule has 2 N–H and O–H groups in total. The average Bonchev–Trinajstić information content (AvgIpc) is 3.35. The summed E-state index contributed by atoms with van der Waals surface area (Å²) >= 11 is 0. The Kier molecular flexibility index (Phi) is 5.18. The number of likely N-dealkylation sites (tertiary alicyclic amines) is 1. The van der Waals surface area contributed by atoms with Crippen molar-refractivity contribution in [2.45, 2.75) is 18.5 Å². The number of hydrogen-bond donors (Lipinski definition) is 2. The molecule has 4 rings (SSSR count). The third-order valence-corrected chi connectivity index (χ3v) is 4.75. The second-order valence-corrected chi connectivity index (χ2v) is 6.85. The second-order valence-electron chi connectivity index (χ2n) is 6.85. The molecule has 3 aromatic rings. The van der Waals surface area contributed by atoms with Gasteiger partial charge in [0, 0.05) is 24.5 Å². The molecule has 2 unspecified atom stereocenters. The van der Waals surface area contributed by atoms with E-state index in [2.05, 4.69) is 36.7 Å². The lowest BCUT2D eigenvalue weighted by Crippen LogP contribution is -2.39. The molecule has 1 saturated heterocycles. The van der Waals surface area contributed by atoms with Gasteiger partial charge in [0.15, 0.2) is 0 Å². The molecule has 1 fully saturated rings. The molecule has 9 nitrogen and oxygen atoms in total. The highest BCUT2D eigenvalue weighted by Gasteiger charge is 2.35. The van der Waals surface area contributed by atoms with E-state index >= 15 is 0 Å². The van der Waals surface area contributed by atoms with Crippen molar-refractivity contribution in [3.63, 3.8) is 0 Å². The van der Waals surface area contributed by atoms with Gasteiger partial charge in [0.2, 0.25) is 11.7 Å². The predicted octanol–water partition coefficient (Wildman–Crippen LogP) is 2.57. The molecular weight excluding hydrogens is 370 g/mol. The SMILES string of the molecule is CN1CC(NC(=O)Nc2cccc(C#N)c2)CC1c1nc(-c2ccccn2)no1. The normalized spacial score (nSPS) is 18.9. The minimum absolute atomic E-state index is 0.0747. The number of anilines is 1. The fourth-order valence-corrected chi connectivity index (χ4v) is 3.38. The number of rotatable bonds is 4. The number of benzene rings is 1. The van der Waals surface area contributed by atoms with E-state index in [1.165, 1.54) is 0 Å². The number of aromatic nitrogens is 3. The Hall–Kier alpha value is -3.77. The molecule has 2 aromatic heterocycles. The molecule has 29 heavy (non-hydrogen) atoms. The van der Waals surface area contributed by atoms with Gasteiger partial charge >= 0.3 is 6.03 Å². The molecule has 9 heteroatoms. The zero-order valence-corrected chi connectivity index (χ0v) is 15.7. The predicted molar refractivity (Wildman–Crippen MR) is 105 cm³/mol. The third-order valence-electron chi connectivity index (χ3n) is 4.75. The van der Waals surface area contributed by atoms with Crippen LogP contribution in [0.3, 0.4) is 0 Å². The number of likely N-dealkylation sites (N-methyl/N-ethyl adjacent to an activating group) is 1. The van der Waals surface area contributed by atoms with Gasteiger partial charge in [-0.25, -0.2) is 4.79 Å². The van der Waals surface area contributed by atoms with Gasteiger partial charge in [0.25, 0.3) is 0 Å². The molecule has 0 spiro atoms. The summed E-state index contributed by atoms with van der Waals surface area (Å²) in [7, 11) is 1.95. The third kappa shape index (κ3) is 4.23. The van der Waals surface area contributed by atoms with E-state index in [1.807, 2.05) is 25.2 Å². The van der Waals surface area contributed by atoms with Crippen molar-refractivity contribution in [1.82, 2.24) is 25.3 Å². The fourth-order valence-electron chi connectivity index (χ4n) is 3.38. The van der Waals surface area contributed by atoms with Crippen LogP contribution >= 0.6 is 0 Å². The van der Waals surface area contributed by atoms with Crippen molar-refractivity contribution in [3.8, 4) is 17.6 Å². The van der Waals surface area contributed by atoms with Gasteiger partial charge in [0.05, 0.1) is 17.7 Å². The van der Waals surface area contributed by atoms with Gasteiger partial charge in [-0.2, -0.15) is 10.2 Å². The maximum Gasteiger partial charge on any atom is 0.319 e. The first kappa shape index (κ1) is 18.6. The summed E-state index contributed by atoms with van der Waals surface area (Å²) in [6.45, 7) is 0.650. The number of pyridine rings is 1. The van der Waals surface area contributed by atoms with Gasteiger partial charge in [-0.05, 0) is 43.8 Å². The number of amides is 2. The molecule has 3 heterocycles. The summed E-state index contributed by atoms with van der Waals surface area (Å²) in [5.41, 5.74) is 1.71. The Morgan fingerprint density at radius 3 is 3.00 bits per heavy atom. The molecule has 2 amide bonds. The monoisotopic (exact) mass is 389 g/mol. The standard InChI is InChI=1S/C20H19N7O2/c1-27-12-15(24-20(28)23-14-6-4-5-13(9-14)11-21)10-17(27)19-25-18(26-29-19)16-7-2-3-8-22-16/h2-9,15,17H,10,12H2,1H3,(H2,23,24,28). The first-order valence-electron chi connectivity index (χ1n) is 9.15. The number of nitrogens with zero attached hydrogens (tertiary/aromatic N) is 5. The second kappa shape index (κ2) is 8.08. The fraction of sp³-hybridized carbons (Fsp3) is 0.250. The van der Waals surface area contributed by atoms with Crippen LogP contribution in [0.15, 0.2) is 53.2 Å². The molecule has 1 aromatic carbocycles. The van der Waals surface area contributed by atoms with Gasteiger partial charge < -0.3 is 15.2 Å². The summed E-state index contributed by atoms with van der Waals surface area (Å²) in [4.78, 5) is 23.1. The van der Waals surface area contributed by atoms with Gasteiger partial charge in [-0.15, -0.1) is 0 Å². The molecule has 1 aliphatic rings. The topological polar surface area (TPSA) is 120 Å². The molecule has 0 aliphatic carbocycles. The van der Waals surface area contributed by atoms with Crippen molar-refractivity contribution in [2.75, 3.05) is 18.9 Å². The summed E-state index contributed by atoms with van der Waals surface area (Å²) in [6.07, 6.45) is 2.32. The Balaban J connectivity index is 1.38. The van der Waals surface area contributed by atoms with Crippen LogP contribution in [0.1, 0.15) is 23.9 Å². The Morgan fingerprint density at radius 1 is 1.31 bits per heavy atom. The lowest BCUT2D eigenvalue weighted by molar-refractivity contribution is 0.243. The highest BCUT2D eigenvalue weighted by Crippen LogP contribution is 2.30. The van der Waals surface area contributed by atoms with Crippen molar-refractivity contribution in [3.05, 3.63) is 60.1 Å². The molecule has 0 bridgehead atoms. The van der Waals surface area contributed by atoms with Crippen molar-refractivity contribution < 1.29 is 9.32 Å². The molecule has 0 saturated carbocycles. The Morgan fingerprint density at radius 2 is 2.21 bits per heavy atom. The summed E-state index contributed by atoms with van der Waals surface area (Å²) in [5, 5.41) is 18.7. The van der Waals surface area contributed by atoms with E-state index in [9.17, 15) is 4.79 Å². The largest absolute Gasteiger partial charge is 0.337 e. The molecular formula is C20H19N7O2. The Bertz CT molecular complexity index is 1040. The van der Waals surface area contributed by atoms with E-state index in [1.54, 1.807) is 30.5 Å². The maximum atomic E-state index is 12.3. The van der Waals surface area contributed by atoms with Crippen LogP contribution < -0.4 is 10.6 Å². The van der Waals surface area contributed by atoms with Crippen LogP contribution in [0.25, 0.3) is 11.5 Å². The van der Waals surface area contributed by atoms with E-state index in [-0.39, 0.29) is 18.1 Å². The van der Waals surface area contributed by atoms with Crippen molar-refractivity contribution >= 4 is 11.7 Å². The molecule has 146 valence electrons. The number of urea groups is 1. The van der Waals surface area contributed by atoms with Crippen LogP contribution in [-0.4, -0.2) is 45.7 Å². The molecule has 1 aliphatic heterocycles. The minimum atomic E-state index is -0.321. The van der Waals surface area contributed by atoms with Crippen molar-refractivity contribution in [1.29, 1.82) is 5.26 Å². The van der Waals surface area contributed by atoms with Gasteiger partial charge in [-0.1, -0.05) is 17.3 Å². The van der Waals surface area contributed by atoms with E-state index in [4.69, 9.17) is 9.78 Å². The lowest BCUT2D eigenvalue weighted by Gasteiger charge is -2.14. The van der Waals surface area contributed by atoms with Crippen LogP contribution in [-0.2, 0) is 0 Å². The minimum Gasteiger partial charge on any atom is -0.337 e. The molecule has 0 radical (unpaired) electrons. The number of hydrogen-bond acceptors (Lipinski definition) is 7. The first-order chi connectivity index (χ1) is 14.1. The highest BCUT2D eigenvalue weighted by atomic mass is 16.5. The summed E-state index contributed by atoms with van der Waals surface area (Å²) in [5.74, 6) is 0.945. The Labute approximate surface area is 167 Å². The average molecular weight is 389 g/mol. The molecule has 2 atom stereocenters. The highest BCUT2D eigenvalue weighted by molar-refractivity contribution is 5.89. The summed E-state index contributed by atoms with van der Waals surface area (Å²) < 4.78 is 5.45. The van der Waals surface area contributed by atoms with E-state index < -0.39 is 0 Å². The zero-order valence-electron chi connectivity index (χ0n) is 15.7. The van der Waals surface area contributed by atoms with E-state index in [0.717, 1.165) is 0 Å². The maximum absolute atomic E-state index is 12.3. The van der Waals surface area contributed by atoms with Crippen molar-refractivity contribution in [2.24, 2.45) is 0 Å². The zero-order chi connectivity index (χ0) is 20.2. The van der Waals surface area contributed by atoms with E-state index in [0.29, 0.717) is 41.6 Å². The lowest BCUT2D eigenvalue weighted by atomic mass is 10.1. The van der Waals surface area contributed by atoms with Crippen LogP contribution in [0.4, 0.5) is 10.5 Å². The van der Waals surface area contributed by atoms with Gasteiger partial charge in [-0.3, -0.25) is 9.88 Å². The number of nitrogens with one attached hydrogen (secondary N) is 2. The number of carbonyl (C=O) groups excluding carboxylic acids is 1. The van der Waals surface area contributed by atoms with Crippen LogP contribution in [0.5, 0.6) is 0 Å². The number of nitriles is 1.